The van der Waals surface area contributed by atoms with E-state index in [4.69, 9.17) is 10.00 Å². The van der Waals surface area contributed by atoms with Gasteiger partial charge in [0, 0.05) is 12.1 Å². The van der Waals surface area contributed by atoms with Crippen molar-refractivity contribution in [3.05, 3.63) is 29.8 Å². The third-order valence-corrected chi connectivity index (χ3v) is 3.08. The number of hydrogen-bond donors (Lipinski definition) is 1. The van der Waals surface area contributed by atoms with Crippen molar-refractivity contribution in [3.8, 4) is 11.8 Å². The van der Waals surface area contributed by atoms with Gasteiger partial charge >= 0.3 is 0 Å². The molecule has 0 spiro atoms. The number of ether oxygens (including phenoxy) is 1. The highest BCUT2D eigenvalue weighted by Gasteiger charge is 2.21. The predicted octanol–water partition coefficient (Wildman–Crippen LogP) is 1.64. The maximum absolute atomic E-state index is 9.23. The molecule has 0 amide bonds. The van der Waals surface area contributed by atoms with Crippen LogP contribution in [0.5, 0.6) is 5.75 Å². The van der Waals surface area contributed by atoms with Crippen LogP contribution in [0, 0.1) is 11.3 Å². The highest BCUT2D eigenvalue weighted by atomic mass is 16.5. The third-order valence-electron chi connectivity index (χ3n) is 3.08. The lowest BCUT2D eigenvalue weighted by molar-refractivity contribution is 0.0679. The second-order valence-corrected chi connectivity index (χ2v) is 4.88. The smallest absolute Gasteiger partial charge is 0.120 e. The average molecular weight is 248 g/mol. The van der Waals surface area contributed by atoms with Gasteiger partial charge in [-0.25, -0.2) is 0 Å². The Morgan fingerprint density at radius 1 is 1.44 bits per heavy atom. The van der Waals surface area contributed by atoms with Crippen LogP contribution in [-0.2, 0) is 0 Å². The van der Waals surface area contributed by atoms with E-state index >= 15 is 0 Å². The van der Waals surface area contributed by atoms with Crippen LogP contribution in [0.1, 0.15) is 19.4 Å². The zero-order valence-corrected chi connectivity index (χ0v) is 11.2. The first kappa shape index (κ1) is 14.5. The zero-order valence-electron chi connectivity index (χ0n) is 11.2. The molecule has 0 radical (unpaired) electrons. The van der Waals surface area contributed by atoms with Crippen LogP contribution in [0.15, 0.2) is 24.3 Å². The molecule has 0 fully saturated rings. The Morgan fingerprint density at radius 2 is 2.17 bits per heavy atom. The number of hydrogen-bond acceptors (Lipinski definition) is 4. The number of aliphatic hydroxyl groups is 1. The van der Waals surface area contributed by atoms with Crippen molar-refractivity contribution in [1.82, 2.24) is 4.90 Å². The van der Waals surface area contributed by atoms with Crippen LogP contribution in [0.4, 0.5) is 0 Å². The van der Waals surface area contributed by atoms with Crippen LogP contribution >= 0.6 is 0 Å². The monoisotopic (exact) mass is 248 g/mol. The molecule has 0 bridgehead atoms. The summed E-state index contributed by atoms with van der Waals surface area (Å²) in [7, 11) is 1.95. The van der Waals surface area contributed by atoms with Gasteiger partial charge in [0.15, 0.2) is 0 Å². The van der Waals surface area contributed by atoms with E-state index in [-0.39, 0.29) is 12.1 Å². The van der Waals surface area contributed by atoms with Crippen molar-refractivity contribution >= 4 is 0 Å². The summed E-state index contributed by atoms with van der Waals surface area (Å²) in [6.45, 7) is 5.29. The van der Waals surface area contributed by atoms with Gasteiger partial charge in [0.2, 0.25) is 0 Å². The summed E-state index contributed by atoms with van der Waals surface area (Å²) in [6.07, 6.45) is 0. The first-order valence-electron chi connectivity index (χ1n) is 5.94. The molecule has 0 aliphatic rings. The molecular weight excluding hydrogens is 228 g/mol. The molecule has 1 N–H and O–H groups in total. The quantitative estimate of drug-likeness (QED) is 0.831. The molecule has 4 nitrogen and oxygen atoms in total. The van der Waals surface area contributed by atoms with Crippen LogP contribution in [0.2, 0.25) is 0 Å². The number of benzene rings is 1. The van der Waals surface area contributed by atoms with Gasteiger partial charge in [-0.3, -0.25) is 4.90 Å². The Kier molecular flexibility index (Phi) is 5.14. The van der Waals surface area contributed by atoms with E-state index in [2.05, 4.69) is 6.07 Å². The van der Waals surface area contributed by atoms with Gasteiger partial charge in [-0.2, -0.15) is 5.26 Å². The molecule has 0 saturated heterocycles. The van der Waals surface area contributed by atoms with Gasteiger partial charge in [-0.15, -0.1) is 0 Å². The van der Waals surface area contributed by atoms with E-state index < -0.39 is 0 Å². The fourth-order valence-electron chi connectivity index (χ4n) is 1.38. The van der Waals surface area contributed by atoms with Crippen molar-refractivity contribution < 1.29 is 9.84 Å². The molecule has 0 aliphatic carbocycles. The van der Waals surface area contributed by atoms with Crippen molar-refractivity contribution in [1.29, 1.82) is 5.26 Å². The lowest BCUT2D eigenvalue weighted by Crippen LogP contribution is -2.45. The van der Waals surface area contributed by atoms with Gasteiger partial charge in [0.05, 0.1) is 18.2 Å². The SMILES string of the molecule is CN(CCOc1cccc(C#N)c1)C(C)(C)CO. The Morgan fingerprint density at radius 3 is 2.78 bits per heavy atom. The summed E-state index contributed by atoms with van der Waals surface area (Å²) in [5.41, 5.74) is 0.342. The summed E-state index contributed by atoms with van der Waals surface area (Å²) in [5, 5.41) is 18.0. The minimum Gasteiger partial charge on any atom is -0.492 e. The Labute approximate surface area is 108 Å². The summed E-state index contributed by atoms with van der Waals surface area (Å²) >= 11 is 0. The van der Waals surface area contributed by atoms with Gasteiger partial charge in [0.1, 0.15) is 12.4 Å². The molecule has 1 aromatic rings. The normalized spacial score (nSPS) is 11.3. The first-order valence-corrected chi connectivity index (χ1v) is 5.94. The molecule has 0 heterocycles. The number of nitrogens with zero attached hydrogens (tertiary/aromatic N) is 2. The number of aliphatic hydroxyl groups excluding tert-OH is 1. The fourth-order valence-corrected chi connectivity index (χ4v) is 1.38. The van der Waals surface area contributed by atoms with Crippen molar-refractivity contribution in [2.75, 3.05) is 26.8 Å². The molecular formula is C14H20N2O2. The highest BCUT2D eigenvalue weighted by Crippen LogP contribution is 2.14. The molecule has 98 valence electrons. The second-order valence-electron chi connectivity index (χ2n) is 4.88. The summed E-state index contributed by atoms with van der Waals surface area (Å²) in [6, 6.07) is 9.17. The van der Waals surface area contributed by atoms with Gasteiger partial charge < -0.3 is 9.84 Å². The summed E-state index contributed by atoms with van der Waals surface area (Å²) in [5.74, 6) is 0.698. The maximum atomic E-state index is 9.23. The first-order chi connectivity index (χ1) is 8.49. The second kappa shape index (κ2) is 6.39. The van der Waals surface area contributed by atoms with E-state index in [1.54, 1.807) is 18.2 Å². The van der Waals surface area contributed by atoms with Crippen LogP contribution in [0.25, 0.3) is 0 Å². The molecule has 0 unspecified atom stereocenters. The van der Waals surface area contributed by atoms with Crippen molar-refractivity contribution in [3.63, 3.8) is 0 Å². The molecule has 0 aromatic heterocycles. The minimum absolute atomic E-state index is 0.105. The largest absolute Gasteiger partial charge is 0.492 e. The lowest BCUT2D eigenvalue weighted by atomic mass is 10.1. The van der Waals surface area contributed by atoms with Crippen LogP contribution in [-0.4, -0.2) is 42.4 Å². The number of nitriles is 1. The Balaban J connectivity index is 2.45. The van der Waals surface area contributed by atoms with Gasteiger partial charge in [-0.1, -0.05) is 6.07 Å². The topological polar surface area (TPSA) is 56.5 Å². The fraction of sp³-hybridized carbons (Fsp3) is 0.500. The molecule has 0 aliphatic heterocycles. The zero-order chi connectivity index (χ0) is 13.6. The molecule has 1 aromatic carbocycles. The Bertz CT molecular complexity index is 424. The highest BCUT2D eigenvalue weighted by molar-refractivity contribution is 5.36. The summed E-state index contributed by atoms with van der Waals surface area (Å²) in [4.78, 5) is 2.04. The van der Waals surface area contributed by atoms with Crippen molar-refractivity contribution in [2.45, 2.75) is 19.4 Å². The number of likely N-dealkylation sites (N-methyl/N-ethyl adjacent to an activating group) is 1. The third kappa shape index (κ3) is 4.02. The molecule has 4 heteroatoms. The van der Waals surface area contributed by atoms with E-state index in [9.17, 15) is 5.11 Å². The van der Waals surface area contributed by atoms with Crippen molar-refractivity contribution in [2.24, 2.45) is 0 Å². The predicted molar refractivity (Wildman–Crippen MR) is 70.4 cm³/mol. The lowest BCUT2D eigenvalue weighted by Gasteiger charge is -2.33. The van der Waals surface area contributed by atoms with Gasteiger partial charge in [-0.05, 0) is 39.1 Å². The standard InChI is InChI=1S/C14H20N2O2/c1-14(2,11-17)16(3)7-8-18-13-6-4-5-12(9-13)10-15/h4-6,9,17H,7-8,11H2,1-3H3. The van der Waals surface area contributed by atoms with E-state index in [1.165, 1.54) is 0 Å². The summed E-state index contributed by atoms with van der Waals surface area (Å²) < 4.78 is 5.58. The van der Waals surface area contributed by atoms with Crippen LogP contribution < -0.4 is 4.74 Å². The Hall–Kier alpha value is -1.57. The minimum atomic E-state index is -0.252. The van der Waals surface area contributed by atoms with E-state index in [0.717, 1.165) is 0 Å². The van der Waals surface area contributed by atoms with Crippen LogP contribution in [0.3, 0.4) is 0 Å². The molecule has 1 rings (SSSR count). The van der Waals surface area contributed by atoms with Gasteiger partial charge in [0.25, 0.3) is 0 Å². The molecule has 0 saturated carbocycles. The molecule has 18 heavy (non-hydrogen) atoms. The van der Waals surface area contributed by atoms with E-state index in [0.29, 0.717) is 24.5 Å². The average Bonchev–Trinajstić information content (AvgIpc) is 2.38. The molecule has 0 atom stereocenters. The van der Waals surface area contributed by atoms with E-state index in [1.807, 2.05) is 31.9 Å². The maximum Gasteiger partial charge on any atom is 0.120 e. The number of rotatable bonds is 6.